The van der Waals surface area contributed by atoms with Gasteiger partial charge < -0.3 is 5.32 Å². The van der Waals surface area contributed by atoms with E-state index in [4.69, 9.17) is 0 Å². The average molecular weight is 211 g/mol. The predicted octanol–water partition coefficient (Wildman–Crippen LogP) is 2.66. The van der Waals surface area contributed by atoms with Crippen LogP contribution in [0.25, 0.3) is 0 Å². The Bertz CT molecular complexity index is 188. The first-order valence-corrected chi connectivity index (χ1v) is 7.41. The third-order valence-corrected chi connectivity index (χ3v) is 5.27. The third-order valence-electron chi connectivity index (χ3n) is 4.17. The fourth-order valence-electron chi connectivity index (χ4n) is 3.25. The van der Waals surface area contributed by atoms with Gasteiger partial charge in [-0.05, 0) is 61.9 Å². The number of thioether (sulfide) groups is 1. The quantitative estimate of drug-likeness (QED) is 0.753. The van der Waals surface area contributed by atoms with Gasteiger partial charge in [0.2, 0.25) is 0 Å². The van der Waals surface area contributed by atoms with Gasteiger partial charge in [0.15, 0.2) is 0 Å². The van der Waals surface area contributed by atoms with E-state index in [2.05, 4.69) is 17.1 Å². The van der Waals surface area contributed by atoms with Crippen molar-refractivity contribution >= 4 is 11.8 Å². The first-order valence-electron chi connectivity index (χ1n) is 6.25. The van der Waals surface area contributed by atoms with Gasteiger partial charge in [-0.3, -0.25) is 0 Å². The summed E-state index contributed by atoms with van der Waals surface area (Å²) in [5, 5.41) is 3.91. The van der Waals surface area contributed by atoms with Crippen molar-refractivity contribution in [2.75, 3.05) is 11.5 Å². The van der Waals surface area contributed by atoms with Crippen LogP contribution in [-0.2, 0) is 0 Å². The molecule has 1 saturated heterocycles. The molecule has 3 rings (SSSR count). The van der Waals surface area contributed by atoms with Crippen LogP contribution in [0.2, 0.25) is 0 Å². The summed E-state index contributed by atoms with van der Waals surface area (Å²) in [7, 11) is 0. The largest absolute Gasteiger partial charge is 0.311 e. The Balaban J connectivity index is 1.46. The summed E-state index contributed by atoms with van der Waals surface area (Å²) in [4.78, 5) is 0. The van der Waals surface area contributed by atoms with Gasteiger partial charge in [0, 0.05) is 12.1 Å². The molecule has 3 atom stereocenters. The maximum absolute atomic E-state index is 3.91. The molecule has 3 fully saturated rings. The van der Waals surface area contributed by atoms with Crippen LogP contribution in [0.3, 0.4) is 0 Å². The average Bonchev–Trinajstić information content (AvgIpc) is 2.87. The van der Waals surface area contributed by atoms with Crippen molar-refractivity contribution in [1.82, 2.24) is 5.32 Å². The first kappa shape index (κ1) is 9.53. The Labute approximate surface area is 91.4 Å². The molecule has 1 aliphatic heterocycles. The first-order chi connectivity index (χ1) is 6.92. The van der Waals surface area contributed by atoms with Crippen molar-refractivity contribution in [2.24, 2.45) is 11.8 Å². The molecule has 0 aromatic rings. The summed E-state index contributed by atoms with van der Waals surface area (Å²) >= 11 is 2.15. The van der Waals surface area contributed by atoms with Gasteiger partial charge in [0.05, 0.1) is 0 Å². The molecule has 1 heterocycles. The van der Waals surface area contributed by atoms with Gasteiger partial charge in [0.25, 0.3) is 0 Å². The van der Waals surface area contributed by atoms with E-state index < -0.39 is 0 Å². The van der Waals surface area contributed by atoms with Crippen LogP contribution in [0.5, 0.6) is 0 Å². The molecule has 1 nitrogen and oxygen atoms in total. The zero-order valence-corrected chi connectivity index (χ0v) is 9.69. The number of fused-ring (bicyclic) bond motifs is 1. The number of nitrogens with one attached hydrogen (secondary N) is 1. The lowest BCUT2D eigenvalue weighted by Crippen LogP contribution is -2.37. The topological polar surface area (TPSA) is 12.0 Å². The van der Waals surface area contributed by atoms with Crippen molar-refractivity contribution in [3.8, 4) is 0 Å². The molecule has 3 unspecified atom stereocenters. The molecule has 0 aromatic heterocycles. The molecule has 14 heavy (non-hydrogen) atoms. The minimum atomic E-state index is 0.854. The number of hydrogen-bond acceptors (Lipinski definition) is 2. The van der Waals surface area contributed by atoms with Gasteiger partial charge in [-0.2, -0.15) is 11.8 Å². The molecule has 80 valence electrons. The zero-order chi connectivity index (χ0) is 9.38. The Kier molecular flexibility index (Phi) is 2.76. The maximum atomic E-state index is 3.91. The van der Waals surface area contributed by atoms with Crippen molar-refractivity contribution in [3.63, 3.8) is 0 Å². The van der Waals surface area contributed by atoms with Crippen LogP contribution in [0.4, 0.5) is 0 Å². The highest BCUT2D eigenvalue weighted by atomic mass is 32.2. The zero-order valence-electron chi connectivity index (χ0n) is 8.87. The summed E-state index contributed by atoms with van der Waals surface area (Å²) in [5.41, 5.74) is 0. The molecule has 2 aliphatic carbocycles. The molecule has 2 heteroatoms. The lowest BCUT2D eigenvalue weighted by atomic mass is 10.1. The monoisotopic (exact) mass is 211 g/mol. The normalized spacial score (nSPS) is 47.1. The molecular formula is C12H21NS. The van der Waals surface area contributed by atoms with E-state index in [-0.39, 0.29) is 0 Å². The van der Waals surface area contributed by atoms with E-state index in [0.717, 1.165) is 23.9 Å². The summed E-state index contributed by atoms with van der Waals surface area (Å²) in [6, 6.07) is 1.75. The van der Waals surface area contributed by atoms with E-state index in [1.807, 2.05) is 0 Å². The highest BCUT2D eigenvalue weighted by Crippen LogP contribution is 2.51. The lowest BCUT2D eigenvalue weighted by Gasteiger charge is -2.22. The Hall–Kier alpha value is 0.310. The molecule has 0 spiro atoms. The molecular weight excluding hydrogens is 190 g/mol. The van der Waals surface area contributed by atoms with Crippen LogP contribution in [0.1, 0.15) is 38.5 Å². The van der Waals surface area contributed by atoms with E-state index >= 15 is 0 Å². The van der Waals surface area contributed by atoms with Crippen LogP contribution >= 0.6 is 11.8 Å². The van der Waals surface area contributed by atoms with E-state index in [1.165, 1.54) is 43.6 Å². The molecule has 0 bridgehead atoms. The minimum Gasteiger partial charge on any atom is -0.311 e. The van der Waals surface area contributed by atoms with Gasteiger partial charge in [-0.1, -0.05) is 0 Å². The van der Waals surface area contributed by atoms with Crippen molar-refractivity contribution in [2.45, 2.75) is 50.6 Å². The van der Waals surface area contributed by atoms with E-state index in [0.29, 0.717) is 0 Å². The molecule has 3 aliphatic rings. The van der Waals surface area contributed by atoms with Crippen molar-refractivity contribution < 1.29 is 0 Å². The molecule has 1 N–H and O–H groups in total. The number of hydrogen-bond donors (Lipinski definition) is 1. The fraction of sp³-hybridized carbons (Fsp3) is 1.00. The van der Waals surface area contributed by atoms with E-state index in [9.17, 15) is 0 Å². The number of rotatable bonds is 2. The summed E-state index contributed by atoms with van der Waals surface area (Å²) in [6.45, 7) is 0. The minimum absolute atomic E-state index is 0.854. The van der Waals surface area contributed by atoms with Crippen molar-refractivity contribution in [3.05, 3.63) is 0 Å². The highest BCUT2D eigenvalue weighted by Gasteiger charge is 2.45. The Morgan fingerprint density at radius 1 is 0.857 bits per heavy atom. The van der Waals surface area contributed by atoms with E-state index in [1.54, 1.807) is 6.42 Å². The summed E-state index contributed by atoms with van der Waals surface area (Å²) < 4.78 is 0. The molecule has 0 amide bonds. The van der Waals surface area contributed by atoms with Crippen LogP contribution in [0, 0.1) is 11.8 Å². The predicted molar refractivity (Wildman–Crippen MR) is 62.7 cm³/mol. The van der Waals surface area contributed by atoms with Gasteiger partial charge >= 0.3 is 0 Å². The highest BCUT2D eigenvalue weighted by molar-refractivity contribution is 7.99. The molecule has 0 radical (unpaired) electrons. The van der Waals surface area contributed by atoms with Crippen LogP contribution in [-0.4, -0.2) is 23.6 Å². The smallest absolute Gasteiger partial charge is 0.00778 e. The van der Waals surface area contributed by atoms with Crippen LogP contribution < -0.4 is 5.32 Å². The third kappa shape index (κ3) is 2.11. The Morgan fingerprint density at radius 2 is 1.71 bits per heavy atom. The van der Waals surface area contributed by atoms with Gasteiger partial charge in [-0.15, -0.1) is 0 Å². The second-order valence-corrected chi connectivity index (χ2v) is 6.56. The lowest BCUT2D eigenvalue weighted by molar-refractivity contribution is 0.385. The van der Waals surface area contributed by atoms with Crippen molar-refractivity contribution in [1.29, 1.82) is 0 Å². The summed E-state index contributed by atoms with van der Waals surface area (Å²) in [5.74, 6) is 5.05. The fourth-order valence-corrected chi connectivity index (χ4v) is 4.28. The SMILES string of the molecule is C1CSCCC(NC2CC3CC3C2)C1. The standard InChI is InChI=1S/C12H21NS/c1-2-11(3-5-14-4-1)13-12-7-9-6-10(9)8-12/h9-13H,1-8H2. The van der Waals surface area contributed by atoms with Gasteiger partial charge in [0.1, 0.15) is 0 Å². The Morgan fingerprint density at radius 3 is 2.57 bits per heavy atom. The molecule has 2 saturated carbocycles. The second-order valence-electron chi connectivity index (χ2n) is 5.33. The molecule has 0 aromatic carbocycles. The summed E-state index contributed by atoms with van der Waals surface area (Å²) in [6.07, 6.45) is 8.82. The van der Waals surface area contributed by atoms with Crippen LogP contribution in [0.15, 0.2) is 0 Å². The second kappa shape index (κ2) is 4.05. The maximum Gasteiger partial charge on any atom is 0.00778 e. The van der Waals surface area contributed by atoms with Gasteiger partial charge in [-0.25, -0.2) is 0 Å².